The molecule has 1 aromatic carbocycles. The second kappa shape index (κ2) is 5.04. The van der Waals surface area contributed by atoms with E-state index in [4.69, 9.17) is 4.74 Å². The molecule has 0 radical (unpaired) electrons. The molecule has 0 spiro atoms. The predicted molar refractivity (Wildman–Crippen MR) is 67.4 cm³/mol. The maximum Gasteiger partial charge on any atom is 0.137 e. The van der Waals surface area contributed by atoms with Crippen LogP contribution in [0.25, 0.3) is 0 Å². The van der Waals surface area contributed by atoms with E-state index in [2.05, 4.69) is 15.9 Å². The van der Waals surface area contributed by atoms with Crippen molar-refractivity contribution in [3.63, 3.8) is 0 Å². The highest BCUT2D eigenvalue weighted by Gasteiger charge is 2.43. The van der Waals surface area contributed by atoms with Crippen LogP contribution < -0.4 is 0 Å². The lowest BCUT2D eigenvalue weighted by atomic mass is 9.73. The van der Waals surface area contributed by atoms with Crippen LogP contribution >= 0.6 is 15.9 Å². The third-order valence-corrected chi connectivity index (χ3v) is 3.74. The summed E-state index contributed by atoms with van der Waals surface area (Å²) in [7, 11) is 0. The normalized spacial score (nSPS) is 27.9. The van der Waals surface area contributed by atoms with E-state index in [9.17, 15) is 9.50 Å². The average molecular weight is 303 g/mol. The van der Waals surface area contributed by atoms with Gasteiger partial charge in [-0.05, 0) is 40.5 Å². The number of rotatable bonds is 4. The van der Waals surface area contributed by atoms with E-state index in [0.717, 1.165) is 5.56 Å². The summed E-state index contributed by atoms with van der Waals surface area (Å²) in [6.07, 6.45) is 2.05. The quantitative estimate of drug-likeness (QED) is 0.926. The van der Waals surface area contributed by atoms with Gasteiger partial charge in [-0.2, -0.15) is 0 Å². The van der Waals surface area contributed by atoms with Crippen molar-refractivity contribution >= 4 is 15.9 Å². The van der Waals surface area contributed by atoms with Gasteiger partial charge < -0.3 is 9.84 Å². The van der Waals surface area contributed by atoms with E-state index in [1.807, 2.05) is 6.92 Å². The van der Waals surface area contributed by atoms with Crippen LogP contribution in [0.3, 0.4) is 0 Å². The molecule has 94 valence electrons. The molecule has 1 aromatic rings. The molecule has 0 heterocycles. The molecular weight excluding hydrogens is 287 g/mol. The van der Waals surface area contributed by atoms with Gasteiger partial charge in [-0.15, -0.1) is 0 Å². The van der Waals surface area contributed by atoms with Gasteiger partial charge in [0.05, 0.1) is 16.2 Å². The molecule has 0 amide bonds. The summed E-state index contributed by atoms with van der Waals surface area (Å²) in [5.74, 6) is -0.276. The van der Waals surface area contributed by atoms with E-state index in [1.54, 1.807) is 12.1 Å². The summed E-state index contributed by atoms with van der Waals surface area (Å²) >= 11 is 3.15. The lowest BCUT2D eigenvalue weighted by molar-refractivity contribution is -0.136. The fraction of sp³-hybridized carbons (Fsp3) is 0.538. The SMILES string of the molecule is CCOC1CC(O)(Cc2ccc(F)c(Br)c2)C1. The largest absolute Gasteiger partial charge is 0.389 e. The number of ether oxygens (including phenoxy) is 1. The first-order valence-electron chi connectivity index (χ1n) is 5.80. The van der Waals surface area contributed by atoms with Crippen LogP contribution in [0.5, 0.6) is 0 Å². The van der Waals surface area contributed by atoms with E-state index in [-0.39, 0.29) is 11.9 Å². The van der Waals surface area contributed by atoms with E-state index < -0.39 is 5.60 Å². The van der Waals surface area contributed by atoms with Crippen molar-refractivity contribution in [3.05, 3.63) is 34.1 Å². The molecule has 1 aliphatic rings. The Hall–Kier alpha value is -0.450. The minimum absolute atomic E-state index is 0.175. The topological polar surface area (TPSA) is 29.5 Å². The Bertz CT molecular complexity index is 402. The molecule has 0 aliphatic heterocycles. The second-order valence-corrected chi connectivity index (χ2v) is 5.49. The molecule has 17 heavy (non-hydrogen) atoms. The Morgan fingerprint density at radius 2 is 2.24 bits per heavy atom. The third kappa shape index (κ3) is 3.06. The minimum Gasteiger partial charge on any atom is -0.389 e. The van der Waals surface area contributed by atoms with Crippen molar-refractivity contribution in [2.75, 3.05) is 6.61 Å². The molecule has 0 unspecified atom stereocenters. The summed E-state index contributed by atoms with van der Waals surface area (Å²) in [5, 5.41) is 10.2. The Labute approximate surface area is 109 Å². The molecule has 0 bridgehead atoms. The molecule has 1 saturated carbocycles. The monoisotopic (exact) mass is 302 g/mol. The van der Waals surface area contributed by atoms with Gasteiger partial charge in [0.25, 0.3) is 0 Å². The van der Waals surface area contributed by atoms with E-state index in [0.29, 0.717) is 30.3 Å². The van der Waals surface area contributed by atoms with Crippen LogP contribution in [-0.2, 0) is 11.2 Å². The van der Waals surface area contributed by atoms with E-state index >= 15 is 0 Å². The standard InChI is InChI=1S/C13H16BrFO2/c1-2-17-10-7-13(16,8-10)6-9-3-4-12(15)11(14)5-9/h3-5,10,16H,2,6-8H2,1H3. The van der Waals surface area contributed by atoms with Gasteiger partial charge in [0.1, 0.15) is 5.82 Å². The molecule has 2 nitrogen and oxygen atoms in total. The second-order valence-electron chi connectivity index (χ2n) is 4.64. The average Bonchev–Trinajstić information content (AvgIpc) is 2.22. The Kier molecular flexibility index (Phi) is 3.85. The maximum atomic E-state index is 13.1. The third-order valence-electron chi connectivity index (χ3n) is 3.13. The molecule has 0 atom stereocenters. The zero-order chi connectivity index (χ0) is 12.5. The maximum absolute atomic E-state index is 13.1. The van der Waals surface area contributed by atoms with Crippen molar-refractivity contribution in [1.82, 2.24) is 0 Å². The number of halogens is 2. The fourth-order valence-electron chi connectivity index (χ4n) is 2.32. The molecular formula is C13H16BrFO2. The molecule has 1 fully saturated rings. The molecule has 0 saturated heterocycles. The highest BCUT2D eigenvalue weighted by Crippen LogP contribution is 2.37. The number of benzene rings is 1. The fourth-order valence-corrected chi connectivity index (χ4v) is 2.74. The predicted octanol–water partition coefficient (Wildman–Crippen LogP) is 3.06. The highest BCUT2D eigenvalue weighted by molar-refractivity contribution is 9.10. The highest BCUT2D eigenvalue weighted by atomic mass is 79.9. The van der Waals surface area contributed by atoms with E-state index in [1.165, 1.54) is 6.07 Å². The molecule has 1 N–H and O–H groups in total. The number of aliphatic hydroxyl groups is 1. The number of hydrogen-bond donors (Lipinski definition) is 1. The van der Waals surface area contributed by atoms with Gasteiger partial charge in [-0.3, -0.25) is 0 Å². The summed E-state index contributed by atoms with van der Waals surface area (Å²) in [6, 6.07) is 4.86. The lowest BCUT2D eigenvalue weighted by Gasteiger charge is -2.43. The van der Waals surface area contributed by atoms with Gasteiger partial charge in [0.2, 0.25) is 0 Å². The first-order chi connectivity index (χ1) is 8.02. The van der Waals surface area contributed by atoms with Crippen molar-refractivity contribution in [1.29, 1.82) is 0 Å². The summed E-state index contributed by atoms with van der Waals surface area (Å²) in [5.41, 5.74) is 0.257. The Balaban J connectivity index is 1.95. The van der Waals surface area contributed by atoms with Crippen molar-refractivity contribution in [3.8, 4) is 0 Å². The molecule has 4 heteroatoms. The van der Waals surface area contributed by atoms with Crippen LogP contribution in [0.4, 0.5) is 4.39 Å². The summed E-state index contributed by atoms with van der Waals surface area (Å²) in [4.78, 5) is 0. The lowest BCUT2D eigenvalue weighted by Crippen LogP contribution is -2.49. The van der Waals surface area contributed by atoms with Gasteiger partial charge in [0.15, 0.2) is 0 Å². The van der Waals surface area contributed by atoms with Gasteiger partial charge >= 0.3 is 0 Å². The molecule has 1 aliphatic carbocycles. The smallest absolute Gasteiger partial charge is 0.137 e. The number of hydrogen-bond acceptors (Lipinski definition) is 2. The minimum atomic E-state index is -0.683. The van der Waals surface area contributed by atoms with Gasteiger partial charge in [0, 0.05) is 25.9 Å². The zero-order valence-electron chi connectivity index (χ0n) is 9.75. The van der Waals surface area contributed by atoms with Crippen LogP contribution in [0, 0.1) is 5.82 Å². The van der Waals surface area contributed by atoms with Crippen molar-refractivity contribution in [2.45, 2.75) is 37.9 Å². The van der Waals surface area contributed by atoms with Crippen LogP contribution in [0.15, 0.2) is 22.7 Å². The van der Waals surface area contributed by atoms with Crippen molar-refractivity contribution in [2.24, 2.45) is 0 Å². The van der Waals surface area contributed by atoms with Crippen LogP contribution in [0.1, 0.15) is 25.3 Å². The van der Waals surface area contributed by atoms with Gasteiger partial charge in [-0.25, -0.2) is 4.39 Å². The van der Waals surface area contributed by atoms with Crippen LogP contribution in [0.2, 0.25) is 0 Å². The van der Waals surface area contributed by atoms with Gasteiger partial charge in [-0.1, -0.05) is 6.07 Å². The molecule has 0 aromatic heterocycles. The Morgan fingerprint density at radius 1 is 1.53 bits per heavy atom. The first kappa shape index (κ1) is 13.0. The first-order valence-corrected chi connectivity index (χ1v) is 6.59. The van der Waals surface area contributed by atoms with Crippen LogP contribution in [-0.4, -0.2) is 23.4 Å². The Morgan fingerprint density at radius 3 is 2.82 bits per heavy atom. The molecule has 2 rings (SSSR count). The summed E-state index contributed by atoms with van der Waals surface area (Å²) in [6.45, 7) is 2.64. The zero-order valence-corrected chi connectivity index (χ0v) is 11.3. The van der Waals surface area contributed by atoms with Crippen molar-refractivity contribution < 1.29 is 14.2 Å². The summed E-state index contributed by atoms with van der Waals surface area (Å²) < 4.78 is 18.9.